The lowest BCUT2D eigenvalue weighted by Gasteiger charge is -2.22. The third-order valence-electron chi connectivity index (χ3n) is 4.79. The van der Waals surface area contributed by atoms with Crippen molar-refractivity contribution in [2.45, 2.75) is 42.9 Å². The van der Waals surface area contributed by atoms with E-state index >= 15 is 0 Å². The zero-order valence-corrected chi connectivity index (χ0v) is 15.2. The molecule has 1 heterocycles. The molecule has 0 radical (unpaired) electrons. The van der Waals surface area contributed by atoms with Crippen molar-refractivity contribution in [1.82, 2.24) is 10.2 Å². The maximum Gasteiger partial charge on any atom is 0.175 e. The van der Waals surface area contributed by atoms with Crippen LogP contribution < -0.4 is 0 Å². The van der Waals surface area contributed by atoms with Gasteiger partial charge in [0.15, 0.2) is 9.84 Å². The molecular formula is C19H24N2O3S. The van der Waals surface area contributed by atoms with E-state index < -0.39 is 9.84 Å². The van der Waals surface area contributed by atoms with Gasteiger partial charge in [0.25, 0.3) is 0 Å². The molecule has 1 saturated carbocycles. The van der Waals surface area contributed by atoms with Crippen molar-refractivity contribution in [2.24, 2.45) is 0 Å². The predicted molar refractivity (Wildman–Crippen MR) is 99.1 cm³/mol. The molecule has 5 nitrogen and oxygen atoms in total. The molecular weight excluding hydrogens is 336 g/mol. The van der Waals surface area contributed by atoms with E-state index in [0.29, 0.717) is 10.8 Å². The first-order valence-electron chi connectivity index (χ1n) is 8.67. The number of rotatable bonds is 5. The van der Waals surface area contributed by atoms with Crippen molar-refractivity contribution in [2.75, 3.05) is 12.9 Å². The lowest BCUT2D eigenvalue weighted by molar-refractivity contribution is 0.343. The molecule has 0 saturated heterocycles. The Hall–Kier alpha value is -1.92. The Morgan fingerprint density at radius 1 is 1.20 bits per heavy atom. The first-order valence-corrected chi connectivity index (χ1v) is 10.6. The van der Waals surface area contributed by atoms with Crippen LogP contribution in [0.25, 0.3) is 17.3 Å². The maximum atomic E-state index is 11.7. The summed E-state index contributed by atoms with van der Waals surface area (Å²) in [7, 11) is -3.21. The quantitative estimate of drug-likeness (QED) is 0.854. The molecule has 1 aromatic carbocycles. The molecule has 1 aromatic heterocycles. The number of hydrogen-bond donors (Lipinski definition) is 2. The highest BCUT2D eigenvalue weighted by Crippen LogP contribution is 2.39. The Morgan fingerprint density at radius 2 is 1.88 bits per heavy atom. The van der Waals surface area contributed by atoms with Crippen LogP contribution in [0.1, 0.15) is 49.3 Å². The number of hydrogen-bond acceptors (Lipinski definition) is 4. The van der Waals surface area contributed by atoms with Crippen molar-refractivity contribution in [3.8, 4) is 11.3 Å². The first kappa shape index (κ1) is 17.9. The van der Waals surface area contributed by atoms with Crippen LogP contribution in [0, 0.1) is 0 Å². The molecule has 1 aliphatic rings. The van der Waals surface area contributed by atoms with Crippen molar-refractivity contribution >= 4 is 15.9 Å². The Bertz CT molecular complexity index is 845. The van der Waals surface area contributed by atoms with Gasteiger partial charge in [-0.15, -0.1) is 0 Å². The molecule has 0 unspecified atom stereocenters. The lowest BCUT2D eigenvalue weighted by Crippen LogP contribution is -2.06. The normalized spacial score (nSPS) is 16.6. The van der Waals surface area contributed by atoms with Crippen LogP contribution in [0.4, 0.5) is 0 Å². The Balaban J connectivity index is 2.03. The topological polar surface area (TPSA) is 83.0 Å². The van der Waals surface area contributed by atoms with E-state index in [1.165, 1.54) is 31.1 Å². The fraction of sp³-hybridized carbons (Fsp3) is 0.421. The predicted octanol–water partition coefficient (Wildman–Crippen LogP) is 3.53. The highest BCUT2D eigenvalue weighted by Gasteiger charge is 2.24. The second-order valence-corrected chi connectivity index (χ2v) is 8.63. The average Bonchev–Trinajstić information content (AvgIpc) is 3.04. The maximum absolute atomic E-state index is 11.7. The number of H-pyrrole nitrogens is 1. The van der Waals surface area contributed by atoms with Crippen LogP contribution in [-0.4, -0.2) is 36.6 Å². The van der Waals surface area contributed by atoms with Gasteiger partial charge in [-0.05, 0) is 37.0 Å². The van der Waals surface area contributed by atoms with E-state index in [4.69, 9.17) is 5.11 Å². The average molecular weight is 360 g/mol. The van der Waals surface area contributed by atoms with Crippen molar-refractivity contribution in [1.29, 1.82) is 0 Å². The number of aromatic nitrogens is 2. The zero-order chi connectivity index (χ0) is 17.9. The third-order valence-corrected chi connectivity index (χ3v) is 5.92. The van der Waals surface area contributed by atoms with Crippen LogP contribution in [0.3, 0.4) is 0 Å². The molecule has 0 spiro atoms. The summed E-state index contributed by atoms with van der Waals surface area (Å²) < 4.78 is 23.3. The highest BCUT2D eigenvalue weighted by atomic mass is 32.2. The largest absolute Gasteiger partial charge is 0.392 e. The molecule has 1 fully saturated rings. The standard InChI is InChI=1S/C19H24N2O3S/c1-25(23,24)16-11-9-15(10-12-16)19-18(14-6-3-2-4-7-14)17(20-21-19)8-5-13-22/h5,8-12,14,22H,2-4,6-7,13H2,1H3,(H,20,21). The van der Waals surface area contributed by atoms with Gasteiger partial charge in [-0.2, -0.15) is 5.10 Å². The summed E-state index contributed by atoms with van der Waals surface area (Å²) in [6.45, 7) is -0.0124. The van der Waals surface area contributed by atoms with Gasteiger partial charge in [0.2, 0.25) is 0 Å². The number of nitrogens with one attached hydrogen (secondary N) is 1. The van der Waals surface area contributed by atoms with Gasteiger partial charge in [0.05, 0.1) is 22.9 Å². The van der Waals surface area contributed by atoms with E-state index in [9.17, 15) is 8.42 Å². The van der Waals surface area contributed by atoms with E-state index in [1.54, 1.807) is 18.2 Å². The summed E-state index contributed by atoms with van der Waals surface area (Å²) in [5.41, 5.74) is 3.90. The van der Waals surface area contributed by atoms with Gasteiger partial charge in [-0.3, -0.25) is 5.10 Å². The summed E-state index contributed by atoms with van der Waals surface area (Å²) in [4.78, 5) is 0.311. The number of aliphatic hydroxyl groups is 1. The number of aromatic amines is 1. The van der Waals surface area contributed by atoms with Gasteiger partial charge in [0.1, 0.15) is 0 Å². The van der Waals surface area contributed by atoms with Crippen LogP contribution >= 0.6 is 0 Å². The molecule has 0 aliphatic heterocycles. The highest BCUT2D eigenvalue weighted by molar-refractivity contribution is 7.90. The SMILES string of the molecule is CS(=O)(=O)c1ccc(-c2n[nH]c(C=CCO)c2C2CCCCC2)cc1. The monoisotopic (exact) mass is 360 g/mol. The van der Waals surface area contributed by atoms with Gasteiger partial charge in [-0.25, -0.2) is 8.42 Å². The summed E-state index contributed by atoms with van der Waals surface area (Å²) in [6, 6.07) is 6.90. The van der Waals surface area contributed by atoms with Crippen molar-refractivity contribution in [3.63, 3.8) is 0 Å². The van der Waals surface area contributed by atoms with E-state index in [1.807, 2.05) is 18.2 Å². The minimum Gasteiger partial charge on any atom is -0.392 e. The smallest absolute Gasteiger partial charge is 0.175 e. The molecule has 6 heteroatoms. The van der Waals surface area contributed by atoms with Crippen molar-refractivity contribution < 1.29 is 13.5 Å². The van der Waals surface area contributed by atoms with Crippen molar-refractivity contribution in [3.05, 3.63) is 41.6 Å². The minimum atomic E-state index is -3.21. The molecule has 0 atom stereocenters. The lowest BCUT2D eigenvalue weighted by atomic mass is 9.82. The number of aliphatic hydroxyl groups excluding tert-OH is 1. The van der Waals surface area contributed by atoms with Crippen LogP contribution in [0.15, 0.2) is 35.2 Å². The molecule has 0 bridgehead atoms. The molecule has 2 N–H and O–H groups in total. The molecule has 134 valence electrons. The minimum absolute atomic E-state index is 0.0124. The molecule has 1 aliphatic carbocycles. The Morgan fingerprint density at radius 3 is 2.48 bits per heavy atom. The van der Waals surface area contributed by atoms with Crippen LogP contribution in [0.2, 0.25) is 0 Å². The van der Waals surface area contributed by atoms with E-state index in [2.05, 4.69) is 10.2 Å². The summed E-state index contributed by atoms with van der Waals surface area (Å²) >= 11 is 0. The van der Waals surface area contributed by atoms with Gasteiger partial charge in [0, 0.05) is 17.4 Å². The zero-order valence-electron chi connectivity index (χ0n) is 14.4. The van der Waals surface area contributed by atoms with Gasteiger partial charge < -0.3 is 5.11 Å². The summed E-state index contributed by atoms with van der Waals surface area (Å²) in [5.74, 6) is 0.440. The van der Waals surface area contributed by atoms with E-state index in [0.717, 1.165) is 29.8 Å². The van der Waals surface area contributed by atoms with Gasteiger partial charge >= 0.3 is 0 Å². The van der Waals surface area contributed by atoms with E-state index in [-0.39, 0.29) is 6.61 Å². The Labute approximate surface area is 148 Å². The Kier molecular flexibility index (Phi) is 5.39. The second-order valence-electron chi connectivity index (χ2n) is 6.62. The first-order chi connectivity index (χ1) is 12.0. The number of nitrogens with zero attached hydrogens (tertiary/aromatic N) is 1. The van der Waals surface area contributed by atoms with Crippen LogP contribution in [0.5, 0.6) is 0 Å². The third kappa shape index (κ3) is 4.02. The fourth-order valence-corrected chi connectivity index (χ4v) is 4.18. The number of benzene rings is 1. The summed E-state index contributed by atoms with van der Waals surface area (Å²) in [5, 5.41) is 16.7. The molecule has 0 amide bonds. The number of sulfone groups is 1. The van der Waals surface area contributed by atoms with Gasteiger partial charge in [-0.1, -0.05) is 37.5 Å². The molecule has 3 rings (SSSR count). The molecule has 25 heavy (non-hydrogen) atoms. The molecule has 2 aromatic rings. The second kappa shape index (κ2) is 7.54. The summed E-state index contributed by atoms with van der Waals surface area (Å²) in [6.07, 6.45) is 10.8. The van der Waals surface area contributed by atoms with Crippen LogP contribution in [-0.2, 0) is 9.84 Å². The fourth-order valence-electron chi connectivity index (χ4n) is 3.55.